The van der Waals surface area contributed by atoms with E-state index in [1.54, 1.807) is 18.2 Å². The number of nitrogens with two attached hydrogens (primary N) is 1. The summed E-state index contributed by atoms with van der Waals surface area (Å²) < 4.78 is 15.4. The zero-order valence-corrected chi connectivity index (χ0v) is 16.0. The minimum absolute atomic E-state index is 0.0448. The van der Waals surface area contributed by atoms with Gasteiger partial charge in [0.25, 0.3) is 5.89 Å². The highest BCUT2D eigenvalue weighted by atomic mass is 35.5. The number of ether oxygens (including phenoxy) is 2. The lowest BCUT2D eigenvalue weighted by atomic mass is 10.2. The Labute approximate surface area is 168 Å². The quantitative estimate of drug-likeness (QED) is 0.477. The maximum atomic E-state index is 12.2. The molecule has 0 radical (unpaired) electrons. The van der Waals surface area contributed by atoms with Crippen LogP contribution in [0, 0.1) is 0 Å². The Morgan fingerprint density at radius 1 is 1.19 bits per heavy atom. The molecule has 0 atom stereocenters. The highest BCUT2D eigenvalue weighted by Crippen LogP contribution is 2.34. The summed E-state index contributed by atoms with van der Waals surface area (Å²) in [5.74, 6) is 0.0493. The van der Waals surface area contributed by atoms with Gasteiger partial charge in [0, 0.05) is 0 Å². The van der Waals surface area contributed by atoms with Crippen LogP contribution in [0.4, 0.5) is 5.69 Å². The van der Waals surface area contributed by atoms with Crippen molar-refractivity contribution in [3.8, 4) is 17.1 Å². The number of hydrogen-bond acceptors (Lipinski definition) is 8. The predicted octanol–water partition coefficient (Wildman–Crippen LogP) is 4.04. The number of nitrogens with zero attached hydrogens (tertiary/aromatic N) is 3. The van der Waals surface area contributed by atoms with Gasteiger partial charge < -0.3 is 19.7 Å². The summed E-state index contributed by atoms with van der Waals surface area (Å²) in [6.07, 6.45) is 0. The van der Waals surface area contributed by atoms with Gasteiger partial charge in [-0.3, -0.25) is 0 Å². The molecule has 8 nitrogen and oxygen atoms in total. The smallest absolute Gasteiger partial charge is 0.359 e. The van der Waals surface area contributed by atoms with Crippen molar-refractivity contribution in [1.82, 2.24) is 15.1 Å². The first-order chi connectivity index (χ1) is 12.9. The van der Waals surface area contributed by atoms with E-state index in [4.69, 9.17) is 54.5 Å². The standard InChI is InChI=1S/C16H11Cl3N4O4/c1-25-8-5-3-2-4-7(8)15-21-9(27-23-15)6-26-16(24)13-10(17)12(20)11(18)14(19)22-13/h2-5H,6H2,1H3,(H2,20,22). The number of halogens is 3. The lowest BCUT2D eigenvalue weighted by Gasteiger charge is -2.08. The summed E-state index contributed by atoms with van der Waals surface area (Å²) in [7, 11) is 1.53. The summed E-state index contributed by atoms with van der Waals surface area (Å²) in [6.45, 7) is -0.306. The minimum Gasteiger partial charge on any atom is -0.496 e. The first kappa shape index (κ1) is 19.2. The van der Waals surface area contributed by atoms with E-state index >= 15 is 0 Å². The molecule has 0 fully saturated rings. The third kappa shape index (κ3) is 3.92. The van der Waals surface area contributed by atoms with Crippen LogP contribution in [0.25, 0.3) is 11.4 Å². The lowest BCUT2D eigenvalue weighted by molar-refractivity contribution is 0.0423. The fourth-order valence-electron chi connectivity index (χ4n) is 2.11. The summed E-state index contributed by atoms with van der Waals surface area (Å²) in [6, 6.07) is 7.14. The first-order valence-electron chi connectivity index (χ1n) is 7.35. The van der Waals surface area contributed by atoms with Crippen molar-refractivity contribution in [3.63, 3.8) is 0 Å². The molecular weight excluding hydrogens is 419 g/mol. The number of esters is 1. The molecule has 11 heteroatoms. The Balaban J connectivity index is 1.75. The van der Waals surface area contributed by atoms with Crippen molar-refractivity contribution < 1.29 is 18.8 Å². The Morgan fingerprint density at radius 2 is 1.93 bits per heavy atom. The van der Waals surface area contributed by atoms with E-state index in [1.807, 2.05) is 6.07 Å². The molecule has 140 valence electrons. The first-order valence-corrected chi connectivity index (χ1v) is 8.48. The molecule has 0 bridgehead atoms. The second kappa shape index (κ2) is 7.99. The maximum Gasteiger partial charge on any atom is 0.359 e. The molecule has 0 aliphatic carbocycles. The van der Waals surface area contributed by atoms with E-state index in [2.05, 4.69) is 15.1 Å². The molecular formula is C16H11Cl3N4O4. The number of methoxy groups -OCH3 is 1. The van der Waals surface area contributed by atoms with Gasteiger partial charge >= 0.3 is 5.97 Å². The molecule has 0 unspecified atom stereocenters. The number of nitrogen functional groups attached to an aromatic ring is 1. The number of benzene rings is 1. The topological polar surface area (TPSA) is 113 Å². The lowest BCUT2D eigenvalue weighted by Crippen LogP contribution is -2.10. The molecule has 2 N–H and O–H groups in total. The number of aromatic nitrogens is 3. The van der Waals surface area contributed by atoms with Crippen LogP contribution in [0.1, 0.15) is 16.4 Å². The van der Waals surface area contributed by atoms with Crippen molar-refractivity contribution in [2.24, 2.45) is 0 Å². The monoisotopic (exact) mass is 428 g/mol. The van der Waals surface area contributed by atoms with Crippen molar-refractivity contribution >= 4 is 46.5 Å². The molecule has 0 aliphatic rings. The van der Waals surface area contributed by atoms with Gasteiger partial charge in [-0.25, -0.2) is 9.78 Å². The molecule has 0 saturated carbocycles. The Bertz CT molecular complexity index is 1010. The van der Waals surface area contributed by atoms with Crippen molar-refractivity contribution in [2.45, 2.75) is 6.61 Å². The van der Waals surface area contributed by atoms with Gasteiger partial charge in [-0.2, -0.15) is 4.98 Å². The summed E-state index contributed by atoms with van der Waals surface area (Å²) in [5, 5.41) is 3.48. The molecule has 0 aliphatic heterocycles. The van der Waals surface area contributed by atoms with Gasteiger partial charge in [-0.05, 0) is 12.1 Å². The van der Waals surface area contributed by atoms with Gasteiger partial charge in [0.1, 0.15) is 10.8 Å². The van der Waals surface area contributed by atoms with E-state index in [0.717, 1.165) is 0 Å². The number of carbonyl (C=O) groups is 1. The van der Waals surface area contributed by atoms with Crippen LogP contribution in [0.5, 0.6) is 5.75 Å². The van der Waals surface area contributed by atoms with Gasteiger partial charge in [-0.15, -0.1) is 0 Å². The number of pyridine rings is 1. The number of para-hydroxylation sites is 1. The third-order valence-corrected chi connectivity index (χ3v) is 4.54. The minimum atomic E-state index is -0.873. The fraction of sp³-hybridized carbons (Fsp3) is 0.125. The van der Waals surface area contributed by atoms with Crippen LogP contribution in [0.2, 0.25) is 15.2 Å². The number of anilines is 1. The Hall–Kier alpha value is -2.55. The van der Waals surface area contributed by atoms with Crippen LogP contribution in [0.15, 0.2) is 28.8 Å². The zero-order chi connectivity index (χ0) is 19.6. The van der Waals surface area contributed by atoms with E-state index in [9.17, 15) is 4.79 Å². The zero-order valence-electron chi connectivity index (χ0n) is 13.7. The van der Waals surface area contributed by atoms with E-state index in [-0.39, 0.29) is 44.9 Å². The predicted molar refractivity (Wildman–Crippen MR) is 99.1 cm³/mol. The molecule has 3 rings (SSSR count). The van der Waals surface area contributed by atoms with Gasteiger partial charge in [0.05, 0.1) is 23.4 Å². The number of carbonyl (C=O) groups excluding carboxylic acids is 1. The SMILES string of the molecule is COc1ccccc1-c1noc(COC(=O)c2nc(Cl)c(Cl)c(N)c2Cl)n1. The van der Waals surface area contributed by atoms with E-state index < -0.39 is 5.97 Å². The molecule has 2 heterocycles. The fourth-order valence-corrected chi connectivity index (χ4v) is 2.70. The number of hydrogen-bond donors (Lipinski definition) is 1. The second-order valence-electron chi connectivity index (χ2n) is 5.08. The molecule has 1 aromatic carbocycles. The Morgan fingerprint density at radius 3 is 2.67 bits per heavy atom. The van der Waals surface area contributed by atoms with Gasteiger partial charge in [-0.1, -0.05) is 52.1 Å². The summed E-state index contributed by atoms with van der Waals surface area (Å²) in [5.41, 5.74) is 5.96. The average Bonchev–Trinajstić information content (AvgIpc) is 3.16. The van der Waals surface area contributed by atoms with Crippen molar-refractivity contribution in [2.75, 3.05) is 12.8 Å². The third-order valence-electron chi connectivity index (χ3n) is 3.41. The van der Waals surface area contributed by atoms with Gasteiger partial charge in [0.2, 0.25) is 5.82 Å². The highest BCUT2D eigenvalue weighted by Gasteiger charge is 2.22. The van der Waals surface area contributed by atoms with Crippen LogP contribution < -0.4 is 10.5 Å². The average molecular weight is 430 g/mol. The second-order valence-corrected chi connectivity index (χ2v) is 6.19. The van der Waals surface area contributed by atoms with Crippen LogP contribution in [-0.2, 0) is 11.3 Å². The number of rotatable bonds is 5. The van der Waals surface area contributed by atoms with Crippen LogP contribution in [0.3, 0.4) is 0 Å². The molecule has 2 aromatic heterocycles. The van der Waals surface area contributed by atoms with Crippen LogP contribution in [-0.4, -0.2) is 28.2 Å². The molecule has 0 amide bonds. The van der Waals surface area contributed by atoms with Crippen molar-refractivity contribution in [1.29, 1.82) is 0 Å². The molecule has 27 heavy (non-hydrogen) atoms. The maximum absolute atomic E-state index is 12.2. The Kier molecular flexibility index (Phi) is 5.69. The van der Waals surface area contributed by atoms with Crippen LogP contribution >= 0.6 is 34.8 Å². The largest absolute Gasteiger partial charge is 0.496 e. The van der Waals surface area contributed by atoms with Crippen molar-refractivity contribution in [3.05, 3.63) is 51.0 Å². The normalized spacial score (nSPS) is 10.7. The molecule has 3 aromatic rings. The highest BCUT2D eigenvalue weighted by molar-refractivity contribution is 6.46. The van der Waals surface area contributed by atoms with E-state index in [0.29, 0.717) is 11.3 Å². The van der Waals surface area contributed by atoms with Gasteiger partial charge in [0.15, 0.2) is 17.5 Å². The molecule has 0 spiro atoms. The summed E-state index contributed by atoms with van der Waals surface area (Å²) >= 11 is 17.6. The summed E-state index contributed by atoms with van der Waals surface area (Å²) in [4.78, 5) is 20.1. The van der Waals surface area contributed by atoms with E-state index in [1.165, 1.54) is 7.11 Å². The molecule has 0 saturated heterocycles.